The second kappa shape index (κ2) is 9.96. The smallest absolute Gasteiger partial charge is 0.166 e. The Morgan fingerprint density at radius 3 is 1.74 bits per heavy atom. The van der Waals surface area contributed by atoms with Crippen LogP contribution in [-0.4, -0.2) is 10.9 Å². The summed E-state index contributed by atoms with van der Waals surface area (Å²) >= 11 is 0. The van der Waals surface area contributed by atoms with Crippen LogP contribution in [0.25, 0.3) is 0 Å². The highest BCUT2D eigenvalue weighted by molar-refractivity contribution is 5.99. The van der Waals surface area contributed by atoms with Crippen molar-refractivity contribution >= 4 is 5.78 Å². The fourth-order valence-electron chi connectivity index (χ4n) is 1.34. The fraction of sp³-hybridized carbons (Fsp3) is 0.0952. The Morgan fingerprint density at radius 1 is 0.783 bits per heavy atom. The highest BCUT2D eigenvalue weighted by Crippen LogP contribution is 2.13. The van der Waals surface area contributed by atoms with Crippen LogP contribution < -0.4 is 0 Å². The van der Waals surface area contributed by atoms with E-state index in [1.165, 1.54) is 6.08 Å². The van der Waals surface area contributed by atoms with Gasteiger partial charge in [0.05, 0.1) is 0 Å². The average molecular weight is 308 g/mol. The van der Waals surface area contributed by atoms with Gasteiger partial charge in [0.2, 0.25) is 0 Å². The average Bonchev–Trinajstić information content (AvgIpc) is 2.47. The molecule has 0 aromatic carbocycles. The SMILES string of the molecule is C=C(C)/C=C\C(=C)C(=O)CC(=C)/C=C\C(=C)C(=C)/C=C\C(=C)O. The zero-order valence-corrected chi connectivity index (χ0v) is 13.8. The summed E-state index contributed by atoms with van der Waals surface area (Å²) in [4.78, 5) is 12.0. The number of carbonyl (C=O) groups is 1. The van der Waals surface area contributed by atoms with Crippen LogP contribution in [0.3, 0.4) is 0 Å². The van der Waals surface area contributed by atoms with E-state index in [0.717, 1.165) is 5.57 Å². The molecule has 0 rings (SSSR count). The molecule has 0 aromatic heterocycles. The van der Waals surface area contributed by atoms with Gasteiger partial charge in [0.15, 0.2) is 5.78 Å². The fourth-order valence-corrected chi connectivity index (χ4v) is 1.34. The molecule has 0 bridgehead atoms. The first-order valence-electron chi connectivity index (χ1n) is 6.99. The third-order valence-corrected chi connectivity index (χ3v) is 2.72. The minimum Gasteiger partial charge on any atom is -0.509 e. The number of aliphatic hydroxyl groups is 1. The van der Waals surface area contributed by atoms with Gasteiger partial charge in [-0.1, -0.05) is 75.4 Å². The normalized spacial score (nSPS) is 11.0. The summed E-state index contributed by atoms with van der Waals surface area (Å²) in [5.74, 6) is -0.155. The first kappa shape index (κ1) is 20.1. The van der Waals surface area contributed by atoms with Gasteiger partial charge in [-0.3, -0.25) is 4.79 Å². The van der Waals surface area contributed by atoms with E-state index in [0.29, 0.717) is 22.3 Å². The van der Waals surface area contributed by atoms with Gasteiger partial charge in [-0.25, -0.2) is 0 Å². The molecule has 1 N–H and O–H groups in total. The van der Waals surface area contributed by atoms with Crippen molar-refractivity contribution in [2.75, 3.05) is 0 Å². The molecule has 0 amide bonds. The number of aliphatic hydroxyl groups excluding tert-OH is 1. The van der Waals surface area contributed by atoms with Gasteiger partial charge in [0.25, 0.3) is 0 Å². The Bertz CT molecular complexity index is 649. The molecular formula is C21H24O2. The monoisotopic (exact) mass is 308 g/mol. The molecule has 0 aromatic rings. The maximum absolute atomic E-state index is 12.0. The zero-order chi connectivity index (χ0) is 18.0. The van der Waals surface area contributed by atoms with Crippen LogP contribution in [0.5, 0.6) is 0 Å². The van der Waals surface area contributed by atoms with Crippen LogP contribution in [0.15, 0.2) is 110 Å². The third-order valence-electron chi connectivity index (χ3n) is 2.72. The number of rotatable bonds is 10. The lowest BCUT2D eigenvalue weighted by atomic mass is 10.0. The predicted octanol–water partition coefficient (Wildman–Crippen LogP) is 5.49. The van der Waals surface area contributed by atoms with Crippen molar-refractivity contribution in [3.8, 4) is 0 Å². The standard InChI is InChI=1S/C21H24O2/c1-15(2)8-10-19(6)21(23)14-16(3)9-11-17(4)18(5)12-13-20(7)22/h8-13,22H,1,3-7,14H2,2H3/b10-8-,11-9-,13-12-. The summed E-state index contributed by atoms with van der Waals surface area (Å²) in [7, 11) is 0. The van der Waals surface area contributed by atoms with Crippen molar-refractivity contribution in [1.29, 1.82) is 0 Å². The van der Waals surface area contributed by atoms with Crippen molar-refractivity contribution in [1.82, 2.24) is 0 Å². The van der Waals surface area contributed by atoms with E-state index in [2.05, 4.69) is 39.5 Å². The molecule has 0 saturated carbocycles. The molecule has 120 valence electrons. The molecule has 0 aliphatic heterocycles. The molecule has 0 unspecified atom stereocenters. The Kier molecular flexibility index (Phi) is 8.71. The summed E-state index contributed by atoms with van der Waals surface area (Å²) in [5.41, 5.74) is 3.19. The van der Waals surface area contributed by atoms with Crippen LogP contribution in [0.1, 0.15) is 13.3 Å². The van der Waals surface area contributed by atoms with E-state index in [9.17, 15) is 4.79 Å². The lowest BCUT2D eigenvalue weighted by Gasteiger charge is -2.02. The summed E-state index contributed by atoms with van der Waals surface area (Å²) in [6.45, 7) is 24.2. The Balaban J connectivity index is 4.59. The van der Waals surface area contributed by atoms with E-state index in [1.807, 2.05) is 6.92 Å². The molecule has 0 aliphatic rings. The molecule has 2 nitrogen and oxygen atoms in total. The van der Waals surface area contributed by atoms with Gasteiger partial charge in [0, 0.05) is 12.0 Å². The molecule has 0 radical (unpaired) electrons. The van der Waals surface area contributed by atoms with Gasteiger partial charge in [-0.05, 0) is 29.7 Å². The summed E-state index contributed by atoms with van der Waals surface area (Å²) in [6, 6.07) is 0. The van der Waals surface area contributed by atoms with Crippen LogP contribution in [-0.2, 0) is 4.79 Å². The van der Waals surface area contributed by atoms with E-state index in [-0.39, 0.29) is 18.0 Å². The molecule has 0 aliphatic carbocycles. The van der Waals surface area contributed by atoms with Crippen molar-refractivity contribution in [2.45, 2.75) is 13.3 Å². The molecular weight excluding hydrogens is 284 g/mol. The quantitative estimate of drug-likeness (QED) is 0.329. The Labute approximate surface area is 139 Å². The molecule has 0 heterocycles. The molecule has 23 heavy (non-hydrogen) atoms. The van der Waals surface area contributed by atoms with Gasteiger partial charge >= 0.3 is 0 Å². The van der Waals surface area contributed by atoms with Gasteiger partial charge in [-0.2, -0.15) is 0 Å². The van der Waals surface area contributed by atoms with Crippen LogP contribution in [0, 0.1) is 0 Å². The largest absolute Gasteiger partial charge is 0.509 e. The molecule has 0 spiro atoms. The number of carbonyl (C=O) groups excluding carboxylic acids is 1. The number of hydrogen-bond donors (Lipinski definition) is 1. The molecule has 0 fully saturated rings. The number of ketones is 1. The lowest BCUT2D eigenvalue weighted by Crippen LogP contribution is -1.99. The van der Waals surface area contributed by atoms with Crippen molar-refractivity contribution < 1.29 is 9.90 Å². The van der Waals surface area contributed by atoms with E-state index in [1.54, 1.807) is 30.4 Å². The zero-order valence-electron chi connectivity index (χ0n) is 13.8. The van der Waals surface area contributed by atoms with Crippen LogP contribution in [0.2, 0.25) is 0 Å². The highest BCUT2D eigenvalue weighted by Gasteiger charge is 2.05. The maximum atomic E-state index is 12.0. The Hall–Kier alpha value is -2.87. The second-order valence-corrected chi connectivity index (χ2v) is 5.17. The second-order valence-electron chi connectivity index (χ2n) is 5.17. The topological polar surface area (TPSA) is 37.3 Å². The van der Waals surface area contributed by atoms with Crippen molar-refractivity contribution in [3.05, 3.63) is 110 Å². The van der Waals surface area contributed by atoms with Gasteiger partial charge in [0.1, 0.15) is 5.76 Å². The lowest BCUT2D eigenvalue weighted by molar-refractivity contribution is -0.114. The summed E-state index contributed by atoms with van der Waals surface area (Å²) in [5, 5.41) is 8.99. The maximum Gasteiger partial charge on any atom is 0.166 e. The molecule has 2 heteroatoms. The Morgan fingerprint density at radius 2 is 1.26 bits per heavy atom. The molecule has 0 saturated heterocycles. The number of allylic oxidation sites excluding steroid dienone is 11. The number of hydrogen-bond acceptors (Lipinski definition) is 2. The van der Waals surface area contributed by atoms with Crippen LogP contribution >= 0.6 is 0 Å². The minimum atomic E-state index is -0.0990. The first-order valence-corrected chi connectivity index (χ1v) is 6.99. The summed E-state index contributed by atoms with van der Waals surface area (Å²) < 4.78 is 0. The summed E-state index contributed by atoms with van der Waals surface area (Å²) in [6.07, 6.45) is 10.0. The van der Waals surface area contributed by atoms with Crippen molar-refractivity contribution in [2.24, 2.45) is 0 Å². The van der Waals surface area contributed by atoms with E-state index < -0.39 is 0 Å². The number of Topliss-reactive ketones (excluding diaryl/α,β-unsaturated/α-hetero) is 1. The van der Waals surface area contributed by atoms with E-state index in [4.69, 9.17) is 5.11 Å². The predicted molar refractivity (Wildman–Crippen MR) is 100 cm³/mol. The van der Waals surface area contributed by atoms with E-state index >= 15 is 0 Å². The van der Waals surface area contributed by atoms with Gasteiger partial charge < -0.3 is 5.11 Å². The highest BCUT2D eigenvalue weighted by atomic mass is 16.3. The minimum absolute atomic E-state index is 0.0562. The first-order chi connectivity index (χ1) is 10.6. The third kappa shape index (κ3) is 9.64. The van der Waals surface area contributed by atoms with Crippen LogP contribution in [0.4, 0.5) is 0 Å². The molecule has 0 atom stereocenters. The van der Waals surface area contributed by atoms with Crippen molar-refractivity contribution in [3.63, 3.8) is 0 Å². The van der Waals surface area contributed by atoms with Gasteiger partial charge in [-0.15, -0.1) is 0 Å².